The Kier molecular flexibility index (Phi) is 4.51. The van der Waals surface area contributed by atoms with Gasteiger partial charge in [-0.1, -0.05) is 48.5 Å². The van der Waals surface area contributed by atoms with E-state index in [4.69, 9.17) is 9.47 Å². The highest BCUT2D eigenvalue weighted by atomic mass is 16.5. The molecule has 0 aliphatic carbocycles. The Morgan fingerprint density at radius 2 is 1.69 bits per heavy atom. The number of para-hydroxylation sites is 1. The molecular weight excluding hydrogens is 328 g/mol. The number of benzene rings is 2. The molecule has 0 bridgehead atoms. The molecule has 2 heterocycles. The zero-order valence-corrected chi connectivity index (χ0v) is 14.2. The molecule has 1 aliphatic rings. The third-order valence-electron chi connectivity index (χ3n) is 4.13. The van der Waals surface area contributed by atoms with Crippen LogP contribution in [0.4, 0.5) is 0 Å². The third kappa shape index (κ3) is 3.67. The lowest BCUT2D eigenvalue weighted by Crippen LogP contribution is -2.32. The minimum absolute atomic E-state index is 0.0143. The molecule has 1 aromatic heterocycles. The van der Waals surface area contributed by atoms with Crippen molar-refractivity contribution in [3.05, 3.63) is 84.1 Å². The van der Waals surface area contributed by atoms with E-state index >= 15 is 0 Å². The maximum absolute atomic E-state index is 12.4. The van der Waals surface area contributed by atoms with E-state index in [9.17, 15) is 4.79 Å². The molecule has 0 saturated heterocycles. The molecule has 0 unspecified atom stereocenters. The van der Waals surface area contributed by atoms with Crippen LogP contribution in [0.2, 0.25) is 0 Å². The number of ether oxygens (including phenoxy) is 2. The van der Waals surface area contributed by atoms with E-state index in [0.717, 1.165) is 5.56 Å². The van der Waals surface area contributed by atoms with Gasteiger partial charge in [0.25, 0.3) is 5.91 Å². The van der Waals surface area contributed by atoms with Gasteiger partial charge < -0.3 is 14.4 Å². The molecule has 0 atom stereocenters. The molecule has 0 radical (unpaired) electrons. The number of aromatic nitrogens is 1. The van der Waals surface area contributed by atoms with Crippen LogP contribution in [0.25, 0.3) is 0 Å². The van der Waals surface area contributed by atoms with E-state index in [-0.39, 0.29) is 12.5 Å². The Hall–Kier alpha value is -3.34. The molecule has 26 heavy (non-hydrogen) atoms. The second-order valence-corrected chi connectivity index (χ2v) is 6.03. The summed E-state index contributed by atoms with van der Waals surface area (Å²) >= 11 is 0. The van der Waals surface area contributed by atoms with E-state index in [0.29, 0.717) is 36.2 Å². The van der Waals surface area contributed by atoms with Crippen LogP contribution >= 0.6 is 0 Å². The Morgan fingerprint density at radius 3 is 2.46 bits per heavy atom. The lowest BCUT2D eigenvalue weighted by molar-refractivity contribution is -0.133. The molecule has 5 heteroatoms. The maximum atomic E-state index is 12.4. The first kappa shape index (κ1) is 16.1. The molecule has 1 amide bonds. The van der Waals surface area contributed by atoms with Crippen molar-refractivity contribution < 1.29 is 14.3 Å². The first-order valence-corrected chi connectivity index (χ1v) is 8.45. The van der Waals surface area contributed by atoms with Gasteiger partial charge in [-0.25, -0.2) is 4.98 Å². The minimum atomic E-state index is -0.0580. The van der Waals surface area contributed by atoms with Crippen molar-refractivity contribution >= 4 is 5.91 Å². The molecule has 0 N–H and O–H groups in total. The van der Waals surface area contributed by atoms with Crippen LogP contribution in [0.5, 0.6) is 17.4 Å². The van der Waals surface area contributed by atoms with Crippen molar-refractivity contribution in [2.24, 2.45) is 0 Å². The molecular formula is C21H18N2O3. The standard InChI is InChI=1S/C21H18N2O3/c24-21-15-25-19-11-12-20(26-17-9-5-2-6-10-17)22-18(19)14-23(21)13-16-7-3-1-4-8-16/h1-12H,13-15H2. The van der Waals surface area contributed by atoms with E-state index in [1.165, 1.54) is 0 Å². The smallest absolute Gasteiger partial charge is 0.261 e. The molecule has 2 aromatic carbocycles. The summed E-state index contributed by atoms with van der Waals surface area (Å²) in [6.45, 7) is 0.920. The monoisotopic (exact) mass is 346 g/mol. The number of nitrogens with zero attached hydrogens (tertiary/aromatic N) is 2. The van der Waals surface area contributed by atoms with Crippen LogP contribution in [0.1, 0.15) is 11.3 Å². The van der Waals surface area contributed by atoms with Crippen molar-refractivity contribution in [1.82, 2.24) is 9.88 Å². The Morgan fingerprint density at radius 1 is 0.962 bits per heavy atom. The highest BCUT2D eigenvalue weighted by molar-refractivity contribution is 5.78. The van der Waals surface area contributed by atoms with Crippen LogP contribution in [0, 0.1) is 0 Å². The maximum Gasteiger partial charge on any atom is 0.261 e. The van der Waals surface area contributed by atoms with E-state index in [1.807, 2.05) is 60.7 Å². The molecule has 0 spiro atoms. The van der Waals surface area contributed by atoms with Crippen molar-refractivity contribution in [2.45, 2.75) is 13.1 Å². The number of carbonyl (C=O) groups excluding carboxylic acids is 1. The predicted octanol–water partition coefficient (Wildman–Crippen LogP) is 3.80. The van der Waals surface area contributed by atoms with Gasteiger partial charge in [-0.3, -0.25) is 4.79 Å². The Labute approximate surface area is 151 Å². The number of pyridine rings is 1. The van der Waals surface area contributed by atoms with Crippen molar-refractivity contribution in [3.63, 3.8) is 0 Å². The normalized spacial score (nSPS) is 13.5. The summed E-state index contributed by atoms with van der Waals surface area (Å²) < 4.78 is 11.4. The quantitative estimate of drug-likeness (QED) is 0.721. The SMILES string of the molecule is O=C1COc2ccc(Oc3ccccc3)nc2CN1Cc1ccccc1. The highest BCUT2D eigenvalue weighted by Gasteiger charge is 2.23. The van der Waals surface area contributed by atoms with Gasteiger partial charge in [0.1, 0.15) is 17.2 Å². The predicted molar refractivity (Wildman–Crippen MR) is 96.9 cm³/mol. The van der Waals surface area contributed by atoms with Gasteiger partial charge in [-0.2, -0.15) is 0 Å². The summed E-state index contributed by atoms with van der Waals surface area (Å²) in [5, 5.41) is 0. The van der Waals surface area contributed by atoms with Crippen LogP contribution in [0.15, 0.2) is 72.8 Å². The number of hydrogen-bond donors (Lipinski definition) is 0. The molecule has 4 rings (SSSR count). The van der Waals surface area contributed by atoms with Crippen molar-refractivity contribution in [1.29, 1.82) is 0 Å². The summed E-state index contributed by atoms with van der Waals surface area (Å²) in [4.78, 5) is 18.7. The highest BCUT2D eigenvalue weighted by Crippen LogP contribution is 2.27. The molecule has 0 fully saturated rings. The van der Waals surface area contributed by atoms with E-state index in [1.54, 1.807) is 17.0 Å². The second kappa shape index (κ2) is 7.27. The number of rotatable bonds is 4. The van der Waals surface area contributed by atoms with E-state index < -0.39 is 0 Å². The number of fused-ring (bicyclic) bond motifs is 1. The average Bonchev–Trinajstić information content (AvgIpc) is 2.82. The second-order valence-electron chi connectivity index (χ2n) is 6.03. The topological polar surface area (TPSA) is 51.7 Å². The summed E-state index contributed by atoms with van der Waals surface area (Å²) in [5.74, 6) is 1.76. The van der Waals surface area contributed by atoms with Crippen LogP contribution in [-0.4, -0.2) is 22.4 Å². The Balaban J connectivity index is 1.56. The number of hydrogen-bond acceptors (Lipinski definition) is 4. The van der Waals surface area contributed by atoms with Crippen LogP contribution in [0.3, 0.4) is 0 Å². The van der Waals surface area contributed by atoms with Gasteiger partial charge in [0.15, 0.2) is 6.61 Å². The summed E-state index contributed by atoms with van der Waals surface area (Å²) in [6, 6.07) is 22.9. The van der Waals surface area contributed by atoms with Crippen molar-refractivity contribution in [3.8, 4) is 17.4 Å². The van der Waals surface area contributed by atoms with Gasteiger partial charge >= 0.3 is 0 Å². The summed E-state index contributed by atoms with van der Waals surface area (Å²) in [7, 11) is 0. The number of carbonyl (C=O) groups is 1. The third-order valence-corrected chi connectivity index (χ3v) is 4.13. The summed E-state index contributed by atoms with van der Waals surface area (Å²) in [6.07, 6.45) is 0. The fourth-order valence-corrected chi connectivity index (χ4v) is 2.83. The average molecular weight is 346 g/mol. The number of amides is 1. The zero-order chi connectivity index (χ0) is 17.8. The van der Waals surface area contributed by atoms with Gasteiger partial charge in [-0.05, 0) is 23.8 Å². The summed E-state index contributed by atoms with van der Waals surface area (Å²) in [5.41, 5.74) is 1.77. The zero-order valence-electron chi connectivity index (χ0n) is 14.2. The Bertz CT molecular complexity index is 898. The van der Waals surface area contributed by atoms with Gasteiger partial charge in [0, 0.05) is 12.6 Å². The van der Waals surface area contributed by atoms with Gasteiger partial charge in [-0.15, -0.1) is 0 Å². The van der Waals surface area contributed by atoms with Gasteiger partial charge in [0.05, 0.1) is 6.54 Å². The molecule has 0 saturated carbocycles. The lowest BCUT2D eigenvalue weighted by atomic mass is 10.2. The van der Waals surface area contributed by atoms with Gasteiger partial charge in [0.2, 0.25) is 5.88 Å². The first-order valence-electron chi connectivity index (χ1n) is 8.45. The molecule has 5 nitrogen and oxygen atoms in total. The van der Waals surface area contributed by atoms with Crippen molar-refractivity contribution in [2.75, 3.05) is 6.61 Å². The lowest BCUT2D eigenvalue weighted by Gasteiger charge is -2.19. The molecule has 3 aromatic rings. The minimum Gasteiger partial charge on any atom is -0.482 e. The van der Waals surface area contributed by atoms with Crippen LogP contribution < -0.4 is 9.47 Å². The fraction of sp³-hybridized carbons (Fsp3) is 0.143. The largest absolute Gasteiger partial charge is 0.482 e. The van der Waals surface area contributed by atoms with E-state index in [2.05, 4.69) is 4.98 Å². The first-order chi connectivity index (χ1) is 12.8. The fourth-order valence-electron chi connectivity index (χ4n) is 2.83. The van der Waals surface area contributed by atoms with Crippen LogP contribution in [-0.2, 0) is 17.9 Å². The molecule has 1 aliphatic heterocycles. The molecule has 130 valence electrons.